The number of anilines is 1. The minimum Gasteiger partial charge on any atom is -0.495 e. The van der Waals surface area contributed by atoms with Crippen LogP contribution in [0, 0.1) is 5.92 Å². The Bertz CT molecular complexity index is 734. The van der Waals surface area contributed by atoms with Crippen LogP contribution in [0.15, 0.2) is 24.3 Å². The molecule has 1 aliphatic rings. The van der Waals surface area contributed by atoms with Crippen LogP contribution in [0.4, 0.5) is 10.5 Å². The van der Waals surface area contributed by atoms with E-state index in [9.17, 15) is 19.2 Å². The number of hydrogen-bond acceptors (Lipinski definition) is 6. The van der Waals surface area contributed by atoms with Gasteiger partial charge in [0, 0.05) is 19.0 Å². The van der Waals surface area contributed by atoms with E-state index in [2.05, 4.69) is 10.6 Å². The lowest BCUT2D eigenvalue weighted by molar-refractivity contribution is -0.152. The number of nitrogens with zero attached hydrogens (tertiary/aromatic N) is 1. The molecule has 2 N–H and O–H groups in total. The highest BCUT2D eigenvalue weighted by molar-refractivity contribution is 6.01. The predicted octanol–water partition coefficient (Wildman–Crippen LogP) is 0.825. The number of imide groups is 1. The number of rotatable bonds is 6. The van der Waals surface area contributed by atoms with E-state index in [1.54, 1.807) is 38.1 Å². The number of nitrogens with one attached hydrogen (secondary N) is 2. The second-order valence-corrected chi connectivity index (χ2v) is 6.36. The Kier molecular flexibility index (Phi) is 6.75. The highest BCUT2D eigenvalue weighted by Gasteiger charge is 2.37. The monoisotopic (exact) mass is 377 g/mol. The van der Waals surface area contributed by atoms with Crippen molar-refractivity contribution in [3.05, 3.63) is 24.3 Å². The van der Waals surface area contributed by atoms with Gasteiger partial charge in [0.25, 0.3) is 5.91 Å². The Morgan fingerprint density at radius 2 is 1.96 bits per heavy atom. The van der Waals surface area contributed by atoms with Crippen molar-refractivity contribution in [3.63, 3.8) is 0 Å². The molecule has 0 bridgehead atoms. The van der Waals surface area contributed by atoms with Crippen LogP contribution in [0.5, 0.6) is 5.75 Å². The van der Waals surface area contributed by atoms with Crippen LogP contribution in [-0.4, -0.2) is 50.1 Å². The number of benzene rings is 1. The van der Waals surface area contributed by atoms with Crippen LogP contribution in [0.1, 0.15) is 20.3 Å². The molecule has 1 aromatic rings. The van der Waals surface area contributed by atoms with Gasteiger partial charge in [-0.25, -0.2) is 4.79 Å². The highest BCUT2D eigenvalue weighted by Crippen LogP contribution is 2.32. The summed E-state index contributed by atoms with van der Waals surface area (Å²) in [6.45, 7) is 3.03. The van der Waals surface area contributed by atoms with Gasteiger partial charge in [-0.15, -0.1) is 0 Å². The van der Waals surface area contributed by atoms with E-state index in [0.717, 1.165) is 0 Å². The third-order valence-corrected chi connectivity index (χ3v) is 3.85. The standard InChI is InChI=1S/C18H23N3O6/c1-11(2)19-18(25)20-15(22)10-27-17(24)12-8-16(23)21(9-12)13-6-4-5-7-14(13)26-3/h4-7,11-12H,8-10H2,1-3H3,(H2,19,20,22,25)/t12-/m0/s1. The zero-order valence-electron chi connectivity index (χ0n) is 15.5. The fourth-order valence-corrected chi connectivity index (χ4v) is 2.67. The molecule has 9 nitrogen and oxygen atoms in total. The second kappa shape index (κ2) is 9.02. The quantitative estimate of drug-likeness (QED) is 0.710. The van der Waals surface area contributed by atoms with E-state index < -0.39 is 30.4 Å². The maximum atomic E-state index is 12.3. The van der Waals surface area contributed by atoms with Crippen molar-refractivity contribution in [2.45, 2.75) is 26.3 Å². The molecule has 4 amide bonds. The molecule has 0 radical (unpaired) electrons. The van der Waals surface area contributed by atoms with Gasteiger partial charge < -0.3 is 19.7 Å². The maximum Gasteiger partial charge on any atom is 0.321 e. The number of ether oxygens (including phenoxy) is 2. The number of carbonyl (C=O) groups is 4. The molecule has 0 saturated carbocycles. The van der Waals surface area contributed by atoms with Gasteiger partial charge in [0.2, 0.25) is 5.91 Å². The van der Waals surface area contributed by atoms with Crippen LogP contribution in [-0.2, 0) is 19.1 Å². The summed E-state index contributed by atoms with van der Waals surface area (Å²) in [5.74, 6) is -1.81. The van der Waals surface area contributed by atoms with E-state index in [-0.39, 0.29) is 24.9 Å². The smallest absolute Gasteiger partial charge is 0.321 e. The van der Waals surface area contributed by atoms with Crippen molar-refractivity contribution >= 4 is 29.5 Å². The lowest BCUT2D eigenvalue weighted by Crippen LogP contribution is -2.44. The van der Waals surface area contributed by atoms with Gasteiger partial charge in [-0.3, -0.25) is 19.7 Å². The maximum absolute atomic E-state index is 12.3. The summed E-state index contributed by atoms with van der Waals surface area (Å²) in [6.07, 6.45) is -0.0215. The zero-order chi connectivity index (χ0) is 20.0. The highest BCUT2D eigenvalue weighted by atomic mass is 16.5. The summed E-state index contributed by atoms with van der Waals surface area (Å²) in [5.41, 5.74) is 0.573. The van der Waals surface area contributed by atoms with Crippen molar-refractivity contribution in [3.8, 4) is 5.75 Å². The zero-order valence-corrected chi connectivity index (χ0v) is 15.5. The van der Waals surface area contributed by atoms with Crippen LogP contribution >= 0.6 is 0 Å². The van der Waals surface area contributed by atoms with Crippen LogP contribution in [0.3, 0.4) is 0 Å². The largest absolute Gasteiger partial charge is 0.495 e. The number of hydrogen-bond donors (Lipinski definition) is 2. The normalized spacial score (nSPS) is 16.2. The van der Waals surface area contributed by atoms with E-state index in [0.29, 0.717) is 11.4 Å². The van der Waals surface area contributed by atoms with Gasteiger partial charge in [0.1, 0.15) is 5.75 Å². The average molecular weight is 377 g/mol. The summed E-state index contributed by atoms with van der Waals surface area (Å²) in [4.78, 5) is 49.0. The first-order valence-electron chi connectivity index (χ1n) is 8.52. The minimum atomic E-state index is -0.743. The van der Waals surface area contributed by atoms with Crippen molar-refractivity contribution in [1.82, 2.24) is 10.6 Å². The minimum absolute atomic E-state index is 0.0215. The Hall–Kier alpha value is -3.10. The molecule has 1 atom stereocenters. The predicted molar refractivity (Wildman–Crippen MR) is 96.2 cm³/mol. The molecule has 0 unspecified atom stereocenters. The van der Waals surface area contributed by atoms with Crippen LogP contribution in [0.25, 0.3) is 0 Å². The summed E-state index contributed by atoms with van der Waals surface area (Å²) < 4.78 is 10.2. The van der Waals surface area contributed by atoms with Crippen molar-refractivity contribution < 1.29 is 28.7 Å². The van der Waals surface area contributed by atoms with E-state index in [1.807, 2.05) is 0 Å². The molecule has 0 aromatic heterocycles. The number of urea groups is 1. The fourth-order valence-electron chi connectivity index (χ4n) is 2.67. The van der Waals surface area contributed by atoms with Gasteiger partial charge in [-0.05, 0) is 26.0 Å². The first-order chi connectivity index (χ1) is 12.8. The Morgan fingerprint density at radius 3 is 2.63 bits per heavy atom. The number of esters is 1. The van der Waals surface area contributed by atoms with Crippen molar-refractivity contribution in [2.75, 3.05) is 25.2 Å². The molecule has 2 rings (SSSR count). The van der Waals surface area contributed by atoms with Gasteiger partial charge in [0.05, 0.1) is 18.7 Å². The lowest BCUT2D eigenvalue weighted by Gasteiger charge is -2.19. The van der Waals surface area contributed by atoms with Crippen molar-refractivity contribution in [1.29, 1.82) is 0 Å². The topological polar surface area (TPSA) is 114 Å². The number of carbonyl (C=O) groups excluding carboxylic acids is 4. The molecule has 1 aliphatic heterocycles. The lowest BCUT2D eigenvalue weighted by atomic mass is 10.1. The van der Waals surface area contributed by atoms with E-state index >= 15 is 0 Å². The van der Waals surface area contributed by atoms with E-state index in [4.69, 9.17) is 9.47 Å². The molecular weight excluding hydrogens is 354 g/mol. The Labute approximate surface area is 157 Å². The second-order valence-electron chi connectivity index (χ2n) is 6.36. The van der Waals surface area contributed by atoms with Crippen LogP contribution in [0.2, 0.25) is 0 Å². The Morgan fingerprint density at radius 1 is 1.26 bits per heavy atom. The summed E-state index contributed by atoms with van der Waals surface area (Å²) in [6, 6.07) is 6.20. The van der Waals surface area contributed by atoms with E-state index in [1.165, 1.54) is 12.0 Å². The third kappa shape index (κ3) is 5.44. The molecule has 0 aliphatic carbocycles. The summed E-state index contributed by atoms with van der Waals surface area (Å²) >= 11 is 0. The van der Waals surface area contributed by atoms with Gasteiger partial charge in [0.15, 0.2) is 6.61 Å². The molecule has 27 heavy (non-hydrogen) atoms. The Balaban J connectivity index is 1.88. The first-order valence-corrected chi connectivity index (χ1v) is 8.52. The number of amides is 4. The number of methoxy groups -OCH3 is 1. The molecule has 1 heterocycles. The first kappa shape index (κ1) is 20.2. The third-order valence-electron chi connectivity index (χ3n) is 3.85. The SMILES string of the molecule is COc1ccccc1N1C[C@@H](C(=O)OCC(=O)NC(=O)NC(C)C)CC1=O. The molecular formula is C18H23N3O6. The molecule has 1 saturated heterocycles. The van der Waals surface area contributed by atoms with Gasteiger partial charge in [-0.2, -0.15) is 0 Å². The number of para-hydroxylation sites is 2. The molecule has 1 aromatic carbocycles. The molecule has 9 heteroatoms. The average Bonchev–Trinajstić information content (AvgIpc) is 3.00. The molecule has 1 fully saturated rings. The molecule has 146 valence electrons. The molecule has 0 spiro atoms. The summed E-state index contributed by atoms with van der Waals surface area (Å²) in [5, 5.41) is 4.54. The van der Waals surface area contributed by atoms with Crippen LogP contribution < -0.4 is 20.3 Å². The summed E-state index contributed by atoms with van der Waals surface area (Å²) in [7, 11) is 1.50. The fraction of sp³-hybridized carbons (Fsp3) is 0.444. The van der Waals surface area contributed by atoms with Gasteiger partial charge >= 0.3 is 12.0 Å². The van der Waals surface area contributed by atoms with Crippen molar-refractivity contribution in [2.24, 2.45) is 5.92 Å². The van der Waals surface area contributed by atoms with Gasteiger partial charge in [-0.1, -0.05) is 12.1 Å².